The molecule has 3 heterocycles. The summed E-state index contributed by atoms with van der Waals surface area (Å²) in [7, 11) is 0. The van der Waals surface area contributed by atoms with Crippen molar-refractivity contribution in [2.45, 2.75) is 30.9 Å². The van der Waals surface area contributed by atoms with Crippen molar-refractivity contribution in [3.8, 4) is 11.4 Å². The summed E-state index contributed by atoms with van der Waals surface area (Å²) in [6.07, 6.45) is 5.10. The normalized spacial score (nSPS) is 10.8. The molecule has 0 unspecified atom stereocenters. The lowest BCUT2D eigenvalue weighted by molar-refractivity contribution is 0.0948. The molecule has 1 aromatic carbocycles. The number of amides is 1. The van der Waals surface area contributed by atoms with Crippen LogP contribution in [0.1, 0.15) is 28.6 Å². The lowest BCUT2D eigenvalue weighted by Gasteiger charge is -2.08. The van der Waals surface area contributed by atoms with Crippen LogP contribution >= 0.6 is 11.8 Å². The summed E-state index contributed by atoms with van der Waals surface area (Å²) < 4.78 is 7.32. The van der Waals surface area contributed by atoms with Crippen molar-refractivity contribution in [1.82, 2.24) is 25.1 Å². The molecule has 0 spiro atoms. The minimum atomic E-state index is -0.127. The van der Waals surface area contributed by atoms with Gasteiger partial charge < -0.3 is 14.3 Å². The number of hydrogen-bond acceptors (Lipinski definition) is 6. The highest BCUT2D eigenvalue weighted by Gasteiger charge is 2.13. The number of thioether (sulfide) groups is 1. The first-order valence-corrected chi connectivity index (χ1v) is 10.6. The van der Waals surface area contributed by atoms with Gasteiger partial charge in [-0.05, 0) is 48.9 Å². The predicted molar refractivity (Wildman–Crippen MR) is 115 cm³/mol. The number of rotatable bonds is 8. The van der Waals surface area contributed by atoms with Gasteiger partial charge in [0.2, 0.25) is 0 Å². The van der Waals surface area contributed by atoms with Gasteiger partial charge in [-0.3, -0.25) is 9.78 Å². The molecule has 4 aromatic rings. The molecular weight excluding hydrogens is 398 g/mol. The molecule has 152 valence electrons. The van der Waals surface area contributed by atoms with E-state index in [1.807, 2.05) is 42.5 Å². The van der Waals surface area contributed by atoms with E-state index >= 15 is 0 Å². The Morgan fingerprint density at radius 3 is 2.60 bits per heavy atom. The van der Waals surface area contributed by atoms with Crippen molar-refractivity contribution < 1.29 is 9.21 Å². The van der Waals surface area contributed by atoms with Gasteiger partial charge in [-0.1, -0.05) is 23.9 Å². The fourth-order valence-corrected chi connectivity index (χ4v) is 3.94. The Kier molecular flexibility index (Phi) is 6.24. The quantitative estimate of drug-likeness (QED) is 0.431. The molecule has 0 fully saturated rings. The first-order chi connectivity index (χ1) is 14.7. The fraction of sp³-hybridized carbons (Fsp3) is 0.182. The van der Waals surface area contributed by atoms with Crippen molar-refractivity contribution >= 4 is 17.7 Å². The van der Waals surface area contributed by atoms with Gasteiger partial charge >= 0.3 is 0 Å². The molecule has 0 aliphatic carbocycles. The molecule has 4 rings (SSSR count). The largest absolute Gasteiger partial charge is 0.467 e. The lowest BCUT2D eigenvalue weighted by Crippen LogP contribution is -2.22. The second-order valence-electron chi connectivity index (χ2n) is 6.53. The van der Waals surface area contributed by atoms with E-state index < -0.39 is 0 Å². The van der Waals surface area contributed by atoms with Crippen LogP contribution in [0, 0.1) is 0 Å². The number of nitrogens with one attached hydrogen (secondary N) is 1. The van der Waals surface area contributed by atoms with Crippen LogP contribution in [0.4, 0.5) is 0 Å². The number of aromatic nitrogens is 4. The third-order valence-electron chi connectivity index (χ3n) is 4.56. The first-order valence-electron chi connectivity index (χ1n) is 9.60. The molecular formula is C22H21N5O2S. The van der Waals surface area contributed by atoms with Gasteiger partial charge in [-0.25, -0.2) is 0 Å². The second-order valence-corrected chi connectivity index (χ2v) is 7.48. The van der Waals surface area contributed by atoms with Crippen molar-refractivity contribution in [3.63, 3.8) is 0 Å². The molecule has 30 heavy (non-hydrogen) atoms. The standard InChI is InChI=1S/C22H21N5O2S/c1-2-27-20(17-9-11-23-12-10-17)25-26-22(27)30-15-16-5-7-18(8-6-16)21(28)24-14-19-4-3-13-29-19/h3-13H,2,14-15H2,1H3,(H,24,28). The molecule has 1 N–H and O–H groups in total. The Balaban J connectivity index is 1.37. The molecule has 0 aliphatic heterocycles. The maximum Gasteiger partial charge on any atom is 0.251 e. The number of nitrogens with zero attached hydrogens (tertiary/aromatic N) is 4. The Hall–Kier alpha value is -3.39. The van der Waals surface area contributed by atoms with Gasteiger partial charge in [0.15, 0.2) is 11.0 Å². The van der Waals surface area contributed by atoms with E-state index in [2.05, 4.69) is 32.0 Å². The summed E-state index contributed by atoms with van der Waals surface area (Å²) >= 11 is 1.62. The van der Waals surface area contributed by atoms with Crippen LogP contribution in [0.25, 0.3) is 11.4 Å². The van der Waals surface area contributed by atoms with E-state index in [1.165, 1.54) is 0 Å². The average molecular weight is 420 g/mol. The maximum atomic E-state index is 12.3. The summed E-state index contributed by atoms with van der Waals surface area (Å²) in [5.74, 6) is 2.18. The zero-order valence-corrected chi connectivity index (χ0v) is 17.3. The van der Waals surface area contributed by atoms with E-state index in [0.29, 0.717) is 12.1 Å². The minimum Gasteiger partial charge on any atom is -0.467 e. The number of furan rings is 1. The third-order valence-corrected chi connectivity index (χ3v) is 5.60. The number of pyridine rings is 1. The lowest BCUT2D eigenvalue weighted by atomic mass is 10.1. The second kappa shape index (κ2) is 9.41. The zero-order chi connectivity index (χ0) is 20.8. The van der Waals surface area contributed by atoms with E-state index in [9.17, 15) is 4.79 Å². The summed E-state index contributed by atoms with van der Waals surface area (Å²) in [4.78, 5) is 16.3. The summed E-state index contributed by atoms with van der Waals surface area (Å²) in [5, 5.41) is 12.4. The summed E-state index contributed by atoms with van der Waals surface area (Å²) in [6.45, 7) is 3.23. The predicted octanol–water partition coefficient (Wildman–Crippen LogP) is 4.18. The molecule has 7 nitrogen and oxygen atoms in total. The van der Waals surface area contributed by atoms with Crippen molar-refractivity contribution in [2.24, 2.45) is 0 Å². The van der Waals surface area contributed by atoms with Gasteiger partial charge in [-0.2, -0.15) is 0 Å². The van der Waals surface area contributed by atoms with Crippen molar-refractivity contribution in [3.05, 3.63) is 84.1 Å². The number of benzene rings is 1. The van der Waals surface area contributed by atoms with Crippen LogP contribution in [0.2, 0.25) is 0 Å². The molecule has 0 saturated heterocycles. The number of carbonyl (C=O) groups excluding carboxylic acids is 1. The topological polar surface area (TPSA) is 85.8 Å². The first kappa shape index (κ1) is 19.9. The van der Waals surface area contributed by atoms with Crippen LogP contribution in [-0.4, -0.2) is 25.7 Å². The highest BCUT2D eigenvalue weighted by molar-refractivity contribution is 7.98. The Labute approximate surface area is 178 Å². The SMILES string of the molecule is CCn1c(SCc2ccc(C(=O)NCc3ccco3)cc2)nnc1-c1ccncc1. The third kappa shape index (κ3) is 4.60. The monoisotopic (exact) mass is 419 g/mol. The van der Waals surface area contributed by atoms with Gasteiger partial charge in [0, 0.05) is 35.8 Å². The van der Waals surface area contributed by atoms with Crippen LogP contribution < -0.4 is 5.32 Å². The maximum absolute atomic E-state index is 12.3. The van der Waals surface area contributed by atoms with Gasteiger partial charge in [0.1, 0.15) is 5.76 Å². The summed E-state index contributed by atoms with van der Waals surface area (Å²) in [6, 6.07) is 15.1. The Morgan fingerprint density at radius 2 is 1.90 bits per heavy atom. The highest BCUT2D eigenvalue weighted by atomic mass is 32.2. The van der Waals surface area contributed by atoms with Gasteiger partial charge in [0.25, 0.3) is 5.91 Å². The molecule has 0 radical (unpaired) electrons. The fourth-order valence-electron chi connectivity index (χ4n) is 2.98. The molecule has 8 heteroatoms. The highest BCUT2D eigenvalue weighted by Crippen LogP contribution is 2.26. The van der Waals surface area contributed by atoms with Crippen LogP contribution in [0.5, 0.6) is 0 Å². The number of hydrogen-bond donors (Lipinski definition) is 1. The van der Waals surface area contributed by atoms with E-state index in [1.54, 1.807) is 36.5 Å². The van der Waals surface area contributed by atoms with Gasteiger partial charge in [0.05, 0.1) is 12.8 Å². The molecule has 0 saturated carbocycles. The molecule has 0 bridgehead atoms. The van der Waals surface area contributed by atoms with Crippen molar-refractivity contribution in [2.75, 3.05) is 0 Å². The van der Waals surface area contributed by atoms with E-state index in [-0.39, 0.29) is 5.91 Å². The van der Waals surface area contributed by atoms with Gasteiger partial charge in [-0.15, -0.1) is 10.2 Å². The zero-order valence-electron chi connectivity index (χ0n) is 16.5. The molecule has 0 atom stereocenters. The van der Waals surface area contributed by atoms with E-state index in [4.69, 9.17) is 4.42 Å². The van der Waals surface area contributed by atoms with Crippen LogP contribution in [0.15, 0.2) is 76.8 Å². The van der Waals surface area contributed by atoms with Crippen LogP contribution in [0.3, 0.4) is 0 Å². The minimum absolute atomic E-state index is 0.127. The average Bonchev–Trinajstić information content (AvgIpc) is 3.46. The Morgan fingerprint density at radius 1 is 1.10 bits per heavy atom. The summed E-state index contributed by atoms with van der Waals surface area (Å²) in [5.41, 5.74) is 2.72. The molecule has 3 aromatic heterocycles. The molecule has 1 amide bonds. The number of carbonyl (C=O) groups is 1. The van der Waals surface area contributed by atoms with E-state index in [0.717, 1.165) is 40.2 Å². The molecule has 0 aliphatic rings. The van der Waals surface area contributed by atoms with Crippen LogP contribution in [-0.2, 0) is 18.8 Å². The van der Waals surface area contributed by atoms with Crippen molar-refractivity contribution in [1.29, 1.82) is 0 Å². The Bertz CT molecular complexity index is 1090. The smallest absolute Gasteiger partial charge is 0.251 e.